The molecule has 0 atom stereocenters. The van der Waals surface area contributed by atoms with Crippen LogP contribution in [0.4, 0.5) is 17.2 Å². The molecule has 4 nitrogen and oxygen atoms in total. The van der Waals surface area contributed by atoms with Crippen molar-refractivity contribution in [2.45, 2.75) is 19.3 Å². The minimum Gasteiger partial charge on any atom is -0.396 e. The minimum absolute atomic E-state index is 0.422. The van der Waals surface area contributed by atoms with Crippen LogP contribution in [0.3, 0.4) is 0 Å². The van der Waals surface area contributed by atoms with Gasteiger partial charge in [0, 0.05) is 13.1 Å². The Morgan fingerprint density at radius 3 is 2.50 bits per heavy atom. The zero-order chi connectivity index (χ0) is 9.97. The Labute approximate surface area is 83.9 Å². The number of aromatic nitrogens is 1. The molecule has 0 aromatic carbocycles. The Balaban J connectivity index is 2.18. The van der Waals surface area contributed by atoms with Crippen LogP contribution in [0.5, 0.6) is 0 Å². The number of pyridine rings is 1. The predicted octanol–water partition coefficient (Wildman–Crippen LogP) is 1.24. The first-order valence-electron chi connectivity index (χ1n) is 5.03. The van der Waals surface area contributed by atoms with Gasteiger partial charge >= 0.3 is 0 Å². The molecule has 0 radical (unpaired) electrons. The molecule has 0 amide bonds. The summed E-state index contributed by atoms with van der Waals surface area (Å²) >= 11 is 0. The molecule has 1 aromatic heterocycles. The first-order valence-corrected chi connectivity index (χ1v) is 5.03. The Bertz CT molecular complexity index is 318. The van der Waals surface area contributed by atoms with E-state index >= 15 is 0 Å². The summed E-state index contributed by atoms with van der Waals surface area (Å²) in [4.78, 5) is 6.38. The molecular weight excluding hydrogens is 176 g/mol. The highest BCUT2D eigenvalue weighted by Crippen LogP contribution is 2.23. The molecule has 76 valence electrons. The predicted molar refractivity (Wildman–Crippen MR) is 59.1 cm³/mol. The molecule has 2 rings (SSSR count). The number of rotatable bonds is 1. The summed E-state index contributed by atoms with van der Waals surface area (Å²) in [7, 11) is 0. The van der Waals surface area contributed by atoms with Gasteiger partial charge in [-0.2, -0.15) is 0 Å². The third kappa shape index (κ3) is 1.73. The van der Waals surface area contributed by atoms with Crippen molar-refractivity contribution in [2.24, 2.45) is 0 Å². The Kier molecular flexibility index (Phi) is 2.43. The second-order valence-corrected chi connectivity index (χ2v) is 3.72. The second-order valence-electron chi connectivity index (χ2n) is 3.72. The summed E-state index contributed by atoms with van der Waals surface area (Å²) in [6.07, 6.45) is 5.64. The fraction of sp³-hybridized carbons (Fsp3) is 0.500. The lowest BCUT2D eigenvalue weighted by molar-refractivity contribution is 0.577. The summed E-state index contributed by atoms with van der Waals surface area (Å²) < 4.78 is 0. The van der Waals surface area contributed by atoms with E-state index in [1.54, 1.807) is 6.20 Å². The number of piperidine rings is 1. The van der Waals surface area contributed by atoms with Crippen molar-refractivity contribution < 1.29 is 0 Å². The molecule has 0 aliphatic carbocycles. The van der Waals surface area contributed by atoms with E-state index < -0.39 is 0 Å². The quantitative estimate of drug-likeness (QED) is 0.702. The van der Waals surface area contributed by atoms with Gasteiger partial charge in [-0.25, -0.2) is 4.98 Å². The number of nitrogens with zero attached hydrogens (tertiary/aromatic N) is 2. The van der Waals surface area contributed by atoms with Crippen LogP contribution >= 0.6 is 0 Å². The number of nitrogen functional groups attached to an aromatic ring is 2. The molecule has 1 fully saturated rings. The minimum atomic E-state index is 0.422. The molecule has 1 aliphatic rings. The molecule has 2 heterocycles. The lowest BCUT2D eigenvalue weighted by Crippen LogP contribution is -2.29. The Hall–Kier alpha value is -1.45. The number of nitrogens with two attached hydrogens (primary N) is 2. The zero-order valence-electron chi connectivity index (χ0n) is 8.24. The van der Waals surface area contributed by atoms with E-state index in [9.17, 15) is 0 Å². The number of hydrogen-bond donors (Lipinski definition) is 2. The largest absolute Gasteiger partial charge is 0.396 e. The number of hydrogen-bond acceptors (Lipinski definition) is 4. The van der Waals surface area contributed by atoms with Gasteiger partial charge < -0.3 is 16.4 Å². The van der Waals surface area contributed by atoms with Crippen molar-refractivity contribution in [3.05, 3.63) is 12.3 Å². The van der Waals surface area contributed by atoms with Gasteiger partial charge in [0.25, 0.3) is 0 Å². The summed E-state index contributed by atoms with van der Waals surface area (Å²) in [5.74, 6) is 0.422. The molecule has 1 saturated heterocycles. The number of anilines is 3. The first kappa shape index (κ1) is 9.12. The second kappa shape index (κ2) is 3.74. The normalized spacial score (nSPS) is 17.0. The van der Waals surface area contributed by atoms with E-state index in [0.717, 1.165) is 18.8 Å². The summed E-state index contributed by atoms with van der Waals surface area (Å²) in [6, 6.07) is 1.91. The summed E-state index contributed by atoms with van der Waals surface area (Å²) in [5.41, 5.74) is 12.9. The van der Waals surface area contributed by atoms with Crippen molar-refractivity contribution in [3.8, 4) is 0 Å². The molecule has 0 spiro atoms. The van der Waals surface area contributed by atoms with Gasteiger partial charge in [-0.15, -0.1) is 0 Å². The van der Waals surface area contributed by atoms with Gasteiger partial charge in [-0.1, -0.05) is 0 Å². The summed E-state index contributed by atoms with van der Waals surface area (Å²) in [6.45, 7) is 2.20. The van der Waals surface area contributed by atoms with Crippen molar-refractivity contribution in [2.75, 3.05) is 29.5 Å². The van der Waals surface area contributed by atoms with E-state index in [0.29, 0.717) is 11.5 Å². The van der Waals surface area contributed by atoms with E-state index in [4.69, 9.17) is 11.5 Å². The molecule has 14 heavy (non-hydrogen) atoms. The Morgan fingerprint density at radius 2 is 1.86 bits per heavy atom. The van der Waals surface area contributed by atoms with Crippen molar-refractivity contribution >= 4 is 17.2 Å². The maximum absolute atomic E-state index is 5.71. The standard InChI is InChI=1S/C10H16N4/c11-9-6-8(7-13-10(9)12)14-4-2-1-3-5-14/h6-7H,1-5,11H2,(H2,12,13). The molecule has 1 aromatic rings. The van der Waals surface area contributed by atoms with Crippen molar-refractivity contribution in [1.29, 1.82) is 0 Å². The SMILES string of the molecule is Nc1cc(N2CCCCC2)cnc1N. The van der Waals surface area contributed by atoms with Crippen LogP contribution in [0.15, 0.2) is 12.3 Å². The molecule has 0 unspecified atom stereocenters. The van der Waals surface area contributed by atoms with Crippen molar-refractivity contribution in [1.82, 2.24) is 4.98 Å². The Morgan fingerprint density at radius 1 is 1.14 bits per heavy atom. The lowest BCUT2D eigenvalue weighted by Gasteiger charge is -2.28. The van der Waals surface area contributed by atoms with Crippen LogP contribution in [-0.4, -0.2) is 18.1 Å². The summed E-state index contributed by atoms with van der Waals surface area (Å²) in [5, 5.41) is 0. The van der Waals surface area contributed by atoms with E-state index in [2.05, 4.69) is 9.88 Å². The van der Waals surface area contributed by atoms with Crippen LogP contribution in [0, 0.1) is 0 Å². The maximum Gasteiger partial charge on any atom is 0.146 e. The van der Waals surface area contributed by atoms with E-state index in [1.807, 2.05) is 6.07 Å². The highest BCUT2D eigenvalue weighted by molar-refractivity contribution is 5.65. The smallest absolute Gasteiger partial charge is 0.146 e. The van der Waals surface area contributed by atoms with Gasteiger partial charge in [0.15, 0.2) is 0 Å². The van der Waals surface area contributed by atoms with Gasteiger partial charge in [0.05, 0.1) is 17.6 Å². The van der Waals surface area contributed by atoms with Crippen LogP contribution < -0.4 is 16.4 Å². The van der Waals surface area contributed by atoms with Gasteiger partial charge in [-0.3, -0.25) is 0 Å². The maximum atomic E-state index is 5.71. The third-order valence-corrected chi connectivity index (χ3v) is 2.66. The first-order chi connectivity index (χ1) is 6.77. The van der Waals surface area contributed by atoms with Crippen LogP contribution in [0.2, 0.25) is 0 Å². The molecule has 0 saturated carbocycles. The topological polar surface area (TPSA) is 68.2 Å². The highest BCUT2D eigenvalue weighted by atomic mass is 15.1. The lowest BCUT2D eigenvalue weighted by atomic mass is 10.1. The molecule has 4 heteroatoms. The van der Waals surface area contributed by atoms with Crippen molar-refractivity contribution in [3.63, 3.8) is 0 Å². The van der Waals surface area contributed by atoms with Crippen LogP contribution in [-0.2, 0) is 0 Å². The average molecular weight is 192 g/mol. The van der Waals surface area contributed by atoms with Crippen LogP contribution in [0.25, 0.3) is 0 Å². The molecular formula is C10H16N4. The van der Waals surface area contributed by atoms with Gasteiger partial charge in [0.1, 0.15) is 5.82 Å². The molecule has 1 aliphatic heterocycles. The monoisotopic (exact) mass is 192 g/mol. The molecule has 0 bridgehead atoms. The van der Waals surface area contributed by atoms with Gasteiger partial charge in [-0.05, 0) is 25.3 Å². The van der Waals surface area contributed by atoms with E-state index in [-0.39, 0.29) is 0 Å². The van der Waals surface area contributed by atoms with E-state index in [1.165, 1.54) is 19.3 Å². The average Bonchev–Trinajstić information content (AvgIpc) is 2.23. The fourth-order valence-electron chi connectivity index (χ4n) is 1.81. The molecule has 4 N–H and O–H groups in total. The highest BCUT2D eigenvalue weighted by Gasteiger charge is 2.11. The fourth-order valence-corrected chi connectivity index (χ4v) is 1.81. The van der Waals surface area contributed by atoms with Gasteiger partial charge in [0.2, 0.25) is 0 Å². The third-order valence-electron chi connectivity index (χ3n) is 2.66. The van der Waals surface area contributed by atoms with Crippen LogP contribution in [0.1, 0.15) is 19.3 Å². The zero-order valence-corrected chi connectivity index (χ0v) is 8.24.